The maximum atomic E-state index is 14.6. The zero-order valence-corrected chi connectivity index (χ0v) is 13.0. The first-order valence-corrected chi connectivity index (χ1v) is 6.94. The molecule has 0 bridgehead atoms. The van der Waals surface area contributed by atoms with Crippen molar-refractivity contribution in [3.05, 3.63) is 57.2 Å². The Balaban J connectivity index is 3.03. The third-order valence-electron chi connectivity index (χ3n) is 4.06. The van der Waals surface area contributed by atoms with Crippen LogP contribution in [-0.2, 0) is 6.42 Å². The molecule has 0 aromatic heterocycles. The van der Waals surface area contributed by atoms with E-state index in [4.69, 9.17) is 0 Å². The van der Waals surface area contributed by atoms with Crippen molar-refractivity contribution in [2.45, 2.75) is 34.1 Å². The van der Waals surface area contributed by atoms with Crippen LogP contribution < -0.4 is 0 Å². The minimum Gasteiger partial charge on any atom is -0.206 e. The van der Waals surface area contributed by atoms with Crippen LogP contribution in [0.1, 0.15) is 29.2 Å². The summed E-state index contributed by atoms with van der Waals surface area (Å²) in [5.74, 6) is -8.53. The van der Waals surface area contributed by atoms with E-state index in [1.807, 2.05) is 0 Å². The van der Waals surface area contributed by atoms with Crippen molar-refractivity contribution in [1.82, 2.24) is 0 Å². The molecule has 124 valence electrons. The molecule has 0 aliphatic heterocycles. The normalized spacial score (nSPS) is 11.2. The second-order valence-electron chi connectivity index (χ2n) is 5.34. The second kappa shape index (κ2) is 5.91. The molecule has 0 spiro atoms. The van der Waals surface area contributed by atoms with Gasteiger partial charge in [0.1, 0.15) is 11.6 Å². The van der Waals surface area contributed by atoms with Crippen LogP contribution in [0.4, 0.5) is 26.3 Å². The number of benzene rings is 2. The highest BCUT2D eigenvalue weighted by Crippen LogP contribution is 2.38. The summed E-state index contributed by atoms with van der Waals surface area (Å²) in [5, 5.41) is 0. The average molecular weight is 332 g/mol. The van der Waals surface area contributed by atoms with Crippen molar-refractivity contribution in [3.63, 3.8) is 0 Å². The van der Waals surface area contributed by atoms with E-state index in [0.717, 1.165) is 13.8 Å². The molecule has 0 aliphatic carbocycles. The molecule has 6 heteroatoms. The molecular weight excluding hydrogens is 318 g/mol. The fraction of sp³-hybridized carbons (Fsp3) is 0.294. The molecular formula is C17H14F6. The first-order chi connectivity index (χ1) is 10.6. The van der Waals surface area contributed by atoms with Gasteiger partial charge >= 0.3 is 0 Å². The van der Waals surface area contributed by atoms with Gasteiger partial charge in [-0.1, -0.05) is 6.92 Å². The lowest BCUT2D eigenvalue weighted by atomic mass is 9.91. The van der Waals surface area contributed by atoms with Crippen LogP contribution in [0, 0.1) is 55.7 Å². The summed E-state index contributed by atoms with van der Waals surface area (Å²) < 4.78 is 84.8. The predicted octanol–water partition coefficient (Wildman–Crippen LogP) is 5.68. The zero-order chi connectivity index (χ0) is 17.6. The van der Waals surface area contributed by atoms with Crippen molar-refractivity contribution >= 4 is 0 Å². The Morgan fingerprint density at radius 3 is 1.52 bits per heavy atom. The summed E-state index contributed by atoms with van der Waals surface area (Å²) >= 11 is 0. The molecule has 0 saturated heterocycles. The van der Waals surface area contributed by atoms with Gasteiger partial charge < -0.3 is 0 Å². The van der Waals surface area contributed by atoms with Gasteiger partial charge in [-0.05, 0) is 43.9 Å². The topological polar surface area (TPSA) is 0 Å². The third kappa shape index (κ3) is 2.40. The summed E-state index contributed by atoms with van der Waals surface area (Å²) in [6.07, 6.45) is 0.0133. The Morgan fingerprint density at radius 2 is 1.00 bits per heavy atom. The van der Waals surface area contributed by atoms with Crippen molar-refractivity contribution in [1.29, 1.82) is 0 Å². The van der Waals surface area contributed by atoms with Gasteiger partial charge in [-0.15, -0.1) is 0 Å². The molecule has 0 heterocycles. The lowest BCUT2D eigenvalue weighted by molar-refractivity contribution is 0.474. The number of halogens is 6. The number of rotatable bonds is 2. The quantitative estimate of drug-likeness (QED) is 0.490. The van der Waals surface area contributed by atoms with E-state index in [9.17, 15) is 26.3 Å². The fourth-order valence-electron chi connectivity index (χ4n) is 2.68. The van der Waals surface area contributed by atoms with E-state index in [-0.39, 0.29) is 17.5 Å². The molecule has 23 heavy (non-hydrogen) atoms. The maximum Gasteiger partial charge on any atom is 0.169 e. The summed E-state index contributed by atoms with van der Waals surface area (Å²) in [7, 11) is 0. The van der Waals surface area contributed by atoms with E-state index in [1.54, 1.807) is 0 Å². The standard InChI is InChI=1S/C17H14F6/c1-5-9-6(2)13(19)17(23)11(15(9)21)10-7(3)12(18)8(4)14(20)16(10)22/h5H2,1-4H3. The van der Waals surface area contributed by atoms with E-state index in [1.165, 1.54) is 13.8 Å². The average Bonchev–Trinajstić information content (AvgIpc) is 2.52. The van der Waals surface area contributed by atoms with Crippen LogP contribution in [-0.4, -0.2) is 0 Å². The molecule has 0 aliphatic rings. The first-order valence-electron chi connectivity index (χ1n) is 6.94. The molecule has 0 radical (unpaired) electrons. The van der Waals surface area contributed by atoms with Crippen molar-refractivity contribution in [2.24, 2.45) is 0 Å². The van der Waals surface area contributed by atoms with Crippen LogP contribution in [0.5, 0.6) is 0 Å². The lowest BCUT2D eigenvalue weighted by Crippen LogP contribution is -2.09. The van der Waals surface area contributed by atoms with Crippen LogP contribution >= 0.6 is 0 Å². The maximum absolute atomic E-state index is 14.6. The van der Waals surface area contributed by atoms with Crippen LogP contribution in [0.25, 0.3) is 11.1 Å². The molecule has 0 saturated carbocycles. The van der Waals surface area contributed by atoms with Gasteiger partial charge in [0.25, 0.3) is 0 Å². The number of hydrogen-bond donors (Lipinski definition) is 0. The molecule has 0 nitrogen and oxygen atoms in total. The van der Waals surface area contributed by atoms with Gasteiger partial charge in [0.15, 0.2) is 23.3 Å². The van der Waals surface area contributed by atoms with Gasteiger partial charge in [0.2, 0.25) is 0 Å². The summed E-state index contributed by atoms with van der Waals surface area (Å²) in [6, 6.07) is 0. The van der Waals surface area contributed by atoms with E-state index in [2.05, 4.69) is 0 Å². The fourth-order valence-corrected chi connectivity index (χ4v) is 2.68. The van der Waals surface area contributed by atoms with Gasteiger partial charge in [0.05, 0.1) is 5.56 Å². The van der Waals surface area contributed by atoms with E-state index in [0.29, 0.717) is 0 Å². The number of hydrogen-bond acceptors (Lipinski definition) is 0. The molecule has 0 fully saturated rings. The summed E-state index contributed by atoms with van der Waals surface area (Å²) in [4.78, 5) is 0. The lowest BCUT2D eigenvalue weighted by Gasteiger charge is -2.17. The van der Waals surface area contributed by atoms with Crippen LogP contribution in [0.3, 0.4) is 0 Å². The summed E-state index contributed by atoms with van der Waals surface area (Å²) in [6.45, 7) is 4.75. The third-order valence-corrected chi connectivity index (χ3v) is 4.06. The van der Waals surface area contributed by atoms with Crippen LogP contribution in [0.2, 0.25) is 0 Å². The summed E-state index contributed by atoms with van der Waals surface area (Å²) in [5.41, 5.74) is -3.53. The Hall–Kier alpha value is -1.98. The molecule has 0 unspecified atom stereocenters. The zero-order valence-electron chi connectivity index (χ0n) is 13.0. The minimum absolute atomic E-state index is 0.0133. The highest BCUT2D eigenvalue weighted by atomic mass is 19.2. The Morgan fingerprint density at radius 1 is 0.522 bits per heavy atom. The predicted molar refractivity (Wildman–Crippen MR) is 75.2 cm³/mol. The van der Waals surface area contributed by atoms with Crippen molar-refractivity contribution in [2.75, 3.05) is 0 Å². The monoisotopic (exact) mass is 332 g/mol. The molecule has 0 N–H and O–H groups in total. The van der Waals surface area contributed by atoms with Crippen LogP contribution in [0.15, 0.2) is 0 Å². The van der Waals surface area contributed by atoms with Crippen molar-refractivity contribution in [3.8, 4) is 11.1 Å². The smallest absolute Gasteiger partial charge is 0.169 e. The Labute approximate surface area is 129 Å². The van der Waals surface area contributed by atoms with E-state index < -0.39 is 57.2 Å². The van der Waals surface area contributed by atoms with Gasteiger partial charge in [-0.2, -0.15) is 0 Å². The molecule has 2 aromatic carbocycles. The molecule has 2 rings (SSSR count). The Kier molecular flexibility index (Phi) is 4.46. The van der Waals surface area contributed by atoms with Crippen molar-refractivity contribution < 1.29 is 26.3 Å². The molecule has 0 atom stereocenters. The highest BCUT2D eigenvalue weighted by molar-refractivity contribution is 5.71. The van der Waals surface area contributed by atoms with Gasteiger partial charge in [-0.25, -0.2) is 26.3 Å². The van der Waals surface area contributed by atoms with Gasteiger partial charge in [-0.3, -0.25) is 0 Å². The molecule has 2 aromatic rings. The SMILES string of the molecule is CCc1c(C)c(F)c(F)c(-c2c(C)c(F)c(C)c(F)c2F)c1F. The highest BCUT2D eigenvalue weighted by Gasteiger charge is 2.29. The first kappa shape index (κ1) is 17.4. The Bertz CT molecular complexity index is 779. The molecule has 0 amide bonds. The van der Waals surface area contributed by atoms with E-state index >= 15 is 0 Å². The second-order valence-corrected chi connectivity index (χ2v) is 5.34. The van der Waals surface area contributed by atoms with Gasteiger partial charge in [0, 0.05) is 11.1 Å². The minimum atomic E-state index is -1.66. The largest absolute Gasteiger partial charge is 0.206 e.